The first-order valence-corrected chi connectivity index (χ1v) is 40.9. The Morgan fingerprint density at radius 1 is 0.277 bits per heavy atom. The fourth-order valence-corrected chi connectivity index (χ4v) is 15.4. The van der Waals surface area contributed by atoms with E-state index < -0.39 is 137 Å². The normalized spacial score (nSPS) is 12.3. The molecule has 0 aliphatic heterocycles. The number of rotatable bonds is 47. The van der Waals surface area contributed by atoms with E-state index in [-0.39, 0.29) is 96.3 Å². The maximum absolute atomic E-state index is 12.9. The molecule has 9 aromatic rings. The molecular formula is C89H95N7O20S3. The molecule has 27 nitrogen and oxygen atoms in total. The summed E-state index contributed by atoms with van der Waals surface area (Å²) in [5, 5.41) is 59.0. The number of thiophene rings is 3. The van der Waals surface area contributed by atoms with Gasteiger partial charge >= 0.3 is 29.8 Å². The highest BCUT2D eigenvalue weighted by molar-refractivity contribution is 7.14. The molecule has 0 bridgehead atoms. The highest BCUT2D eigenvalue weighted by Gasteiger charge is 2.32. The summed E-state index contributed by atoms with van der Waals surface area (Å²) in [5.41, 5.74) is 33.9. The van der Waals surface area contributed by atoms with Crippen molar-refractivity contribution in [3.63, 3.8) is 0 Å². The van der Waals surface area contributed by atoms with Crippen LogP contribution in [0.4, 0.5) is 0 Å². The van der Waals surface area contributed by atoms with E-state index >= 15 is 0 Å². The van der Waals surface area contributed by atoms with Crippen molar-refractivity contribution in [2.45, 2.75) is 147 Å². The van der Waals surface area contributed by atoms with Crippen molar-refractivity contribution < 1.29 is 97.5 Å². The van der Waals surface area contributed by atoms with Crippen LogP contribution in [0, 0.1) is 17.8 Å². The van der Waals surface area contributed by atoms with Gasteiger partial charge in [-0.2, -0.15) is 0 Å². The maximum Gasteiger partial charge on any atom is 0.304 e. The van der Waals surface area contributed by atoms with Gasteiger partial charge in [-0.1, -0.05) is 164 Å². The van der Waals surface area contributed by atoms with E-state index in [1.807, 2.05) is 127 Å². The van der Waals surface area contributed by atoms with Gasteiger partial charge in [0.05, 0.1) is 30.5 Å². The van der Waals surface area contributed by atoms with Crippen LogP contribution in [0.15, 0.2) is 198 Å². The third kappa shape index (κ3) is 32.9. The fourth-order valence-electron chi connectivity index (χ4n) is 12.6. The zero-order valence-electron chi connectivity index (χ0n) is 65.1. The van der Waals surface area contributed by atoms with Gasteiger partial charge in [0.2, 0.25) is 41.4 Å². The molecule has 624 valence electrons. The minimum absolute atomic E-state index is 0.00500. The minimum atomic E-state index is -1.29. The number of carboxylic acid groups (broad SMARTS) is 5. The second-order valence-corrected chi connectivity index (χ2v) is 31.0. The Morgan fingerprint density at radius 2 is 0.538 bits per heavy atom. The van der Waals surface area contributed by atoms with Crippen molar-refractivity contribution >= 4 is 123 Å². The molecule has 9 rings (SSSR count). The Bertz CT molecular complexity index is 4770. The molecule has 6 atom stereocenters. The Balaban J connectivity index is 0.000000246. The van der Waals surface area contributed by atoms with Gasteiger partial charge in [-0.25, -0.2) is 0 Å². The summed E-state index contributed by atoms with van der Waals surface area (Å²) >= 11 is 4.96. The summed E-state index contributed by atoms with van der Waals surface area (Å²) in [5.74, 6) is -15.2. The lowest BCUT2D eigenvalue weighted by Crippen LogP contribution is -2.43. The fraction of sp³-hybridized carbons (Fsp3) is 0.292. The van der Waals surface area contributed by atoms with Crippen LogP contribution in [0.2, 0.25) is 0 Å². The number of carbonyl (C=O) groups excluding carboxylic acids is 10. The first-order chi connectivity index (χ1) is 56.9. The number of hydrogen-bond acceptors (Lipinski definition) is 18. The first-order valence-electron chi connectivity index (χ1n) is 38.3. The molecule has 16 N–H and O–H groups in total. The lowest BCUT2D eigenvalue weighted by molar-refractivity contribution is -0.141. The largest absolute Gasteiger partial charge is 0.481 e. The number of benzene rings is 6. The maximum atomic E-state index is 12.9. The average molecular weight is 1680 g/mol. The Labute approximate surface area is 698 Å². The van der Waals surface area contributed by atoms with Gasteiger partial charge in [0.25, 0.3) is 0 Å². The summed E-state index contributed by atoms with van der Waals surface area (Å²) in [6.45, 7) is 0. The average Bonchev–Trinajstić information content (AvgIpc) is 1.72. The Kier molecular flexibility index (Phi) is 37.6. The van der Waals surface area contributed by atoms with Crippen LogP contribution < -0.4 is 38.9 Å². The van der Waals surface area contributed by atoms with E-state index in [0.717, 1.165) is 81.4 Å². The van der Waals surface area contributed by atoms with Gasteiger partial charge in [-0.05, 0) is 152 Å². The zero-order chi connectivity index (χ0) is 86.5. The van der Waals surface area contributed by atoms with E-state index in [1.54, 1.807) is 34.0 Å². The summed E-state index contributed by atoms with van der Waals surface area (Å²) in [6.07, 6.45) is -2.46. The molecule has 3 heterocycles. The predicted octanol–water partition coefficient (Wildman–Crippen LogP) is 11.9. The molecule has 0 fully saturated rings. The number of aryl methyl sites for hydroxylation is 3. The van der Waals surface area contributed by atoms with Gasteiger partial charge in [-0.3, -0.25) is 71.9 Å². The molecular weight excluding hydrogens is 1580 g/mol. The Morgan fingerprint density at radius 3 is 0.790 bits per heavy atom. The lowest BCUT2D eigenvalue weighted by Gasteiger charge is -2.20. The molecule has 0 radical (unpaired) electrons. The number of ketones is 3. The molecule has 3 aromatic heterocycles. The second-order valence-electron chi connectivity index (χ2n) is 28.3. The number of carboxylic acids is 5. The van der Waals surface area contributed by atoms with Crippen LogP contribution in [0.1, 0.15) is 126 Å². The van der Waals surface area contributed by atoms with Crippen molar-refractivity contribution in [2.75, 3.05) is 0 Å². The molecule has 0 unspecified atom stereocenters. The smallest absolute Gasteiger partial charge is 0.304 e. The van der Waals surface area contributed by atoms with Crippen LogP contribution in [0.5, 0.6) is 0 Å². The summed E-state index contributed by atoms with van der Waals surface area (Å²) in [6, 6.07) is 57.0. The predicted molar refractivity (Wildman–Crippen MR) is 451 cm³/mol. The van der Waals surface area contributed by atoms with E-state index in [9.17, 15) is 71.9 Å². The van der Waals surface area contributed by atoms with E-state index in [2.05, 4.69) is 86.7 Å². The molecule has 0 spiro atoms. The number of amides is 7. The summed E-state index contributed by atoms with van der Waals surface area (Å²) < 4.78 is 0. The number of aliphatic carboxylic acids is 5. The number of hydrogen-bond donors (Lipinski definition) is 12. The lowest BCUT2D eigenvalue weighted by atomic mass is 9.92. The molecule has 30 heteroatoms. The van der Waals surface area contributed by atoms with Gasteiger partial charge in [0.1, 0.15) is 0 Å². The number of nitrogens with one attached hydrogen (secondary N) is 3. The number of primary amides is 4. The van der Waals surface area contributed by atoms with E-state index in [1.165, 1.54) is 0 Å². The van der Waals surface area contributed by atoms with Crippen molar-refractivity contribution in [1.82, 2.24) is 16.0 Å². The van der Waals surface area contributed by atoms with Gasteiger partial charge in [0, 0.05) is 97.1 Å². The van der Waals surface area contributed by atoms with Crippen LogP contribution in [0.25, 0.3) is 64.7 Å². The molecule has 7 amide bonds. The van der Waals surface area contributed by atoms with E-state index in [0.29, 0.717) is 19.3 Å². The monoisotopic (exact) mass is 1680 g/mol. The van der Waals surface area contributed by atoms with Gasteiger partial charge in [-0.15, -0.1) is 34.0 Å². The van der Waals surface area contributed by atoms with Crippen molar-refractivity contribution in [1.29, 1.82) is 0 Å². The quantitative estimate of drug-likeness (QED) is 0.0168. The van der Waals surface area contributed by atoms with Crippen molar-refractivity contribution in [2.24, 2.45) is 40.7 Å². The molecule has 6 aromatic carbocycles. The van der Waals surface area contributed by atoms with Crippen LogP contribution in [-0.4, -0.2) is 132 Å². The topological polar surface area (TPSA) is 497 Å². The molecule has 0 aliphatic carbocycles. The third-order valence-corrected chi connectivity index (χ3v) is 22.2. The molecule has 0 saturated carbocycles. The summed E-state index contributed by atoms with van der Waals surface area (Å²) in [4.78, 5) is 181. The number of Topliss-reactive ketones (excluding diaryl/α,β-unsaturated/α-hetero) is 3. The standard InChI is InChI=1S/C30H33N3O6S.C30H32N2O7S.C29H30N2O7S/c31-27(35)13-11-22(30(32)39)16-25(34)24(12-15-29(37)38)33-28(36)14-8-19-6-9-21(10-7-19)26-17-23(18-40-26)20-4-2-1-3-5-20;31-30(39)22(11-14-28(35)36)16-25(33)24(12-15-29(37)38)32-27(34)13-8-19-6-9-21(10-7-19)26-17-23(18-40-26)20-4-2-1-3-5-20;30-29(38)21(16-28(36)37)14-24(32)23(11-13-27(34)35)31-26(33)12-8-18-6-9-20(10-7-18)25-15-22(17-39-25)19-4-2-1-3-5-19/h1-7,9-10,17-18,22,24H,8,11-16H2,(H2,31,35)(H2,32,39)(H,33,36)(H,37,38);1-7,9-10,17-18,22,24H,8,11-16H2,(H2,31,39)(H,32,34)(H,35,36)(H,37,38);1-7,9-10,15,17,21,23H,8,11-14,16H2,(H2,30,38)(H,31,33)(H,34,35)(H,36,37)/t2*22-,24+;21-,23-/m110/s1. The van der Waals surface area contributed by atoms with Crippen molar-refractivity contribution in [3.05, 3.63) is 215 Å². The zero-order valence-corrected chi connectivity index (χ0v) is 67.5. The highest BCUT2D eigenvalue weighted by atomic mass is 32.1. The van der Waals surface area contributed by atoms with Gasteiger partial charge in [0.15, 0.2) is 17.3 Å². The molecule has 0 aliphatic rings. The number of carbonyl (C=O) groups is 15. The molecule has 0 saturated heterocycles. The van der Waals surface area contributed by atoms with Crippen LogP contribution in [-0.2, 0) is 91.2 Å². The van der Waals surface area contributed by atoms with Crippen LogP contribution in [0.3, 0.4) is 0 Å². The van der Waals surface area contributed by atoms with Crippen molar-refractivity contribution in [3.8, 4) is 64.7 Å². The van der Waals surface area contributed by atoms with Crippen LogP contribution >= 0.6 is 34.0 Å². The molecule has 119 heavy (non-hydrogen) atoms. The SMILES string of the molecule is NC(=O)CC[C@H](CC(=O)[C@H](CCC(=O)O)NC(=O)CCc1ccc(-c2cc(-c3ccccc3)cs2)cc1)C(N)=O.NC(=O)[C@H](CC(=O)O)CC(=O)[C@H](CCC(=O)O)NC(=O)CCc1ccc(-c2cc(-c3ccccc3)cs2)cc1.NC(=O)[C@H](CCC(=O)O)CC(=O)[C@H](CCC(=O)O)NC(=O)CCc1ccc(-c2cc(-c3ccccc3)cs2)cc1. The van der Waals surface area contributed by atoms with Gasteiger partial charge < -0.3 is 64.4 Å². The minimum Gasteiger partial charge on any atom is -0.481 e. The Hall–Kier alpha value is -12.9. The number of nitrogens with two attached hydrogens (primary N) is 4. The summed E-state index contributed by atoms with van der Waals surface area (Å²) in [7, 11) is 0. The van der Waals surface area contributed by atoms with E-state index in [4.69, 9.17) is 48.5 Å². The highest BCUT2D eigenvalue weighted by Crippen LogP contribution is 2.36. The third-order valence-electron chi connectivity index (χ3n) is 19.3. The first kappa shape index (κ1) is 93.2. The second kappa shape index (κ2) is 47.9.